The molecule has 0 aromatic heterocycles. The first-order chi connectivity index (χ1) is 9.79. The maximum Gasteiger partial charge on any atom is 0.304 e. The number of benzene rings is 1. The van der Waals surface area contributed by atoms with E-state index in [9.17, 15) is 14.0 Å². The zero-order valence-electron chi connectivity index (χ0n) is 11.9. The molecule has 0 aliphatic rings. The van der Waals surface area contributed by atoms with Gasteiger partial charge in [0.05, 0.1) is 23.7 Å². The van der Waals surface area contributed by atoms with Crippen LogP contribution in [0.5, 0.6) is 0 Å². The van der Waals surface area contributed by atoms with Crippen molar-refractivity contribution in [2.24, 2.45) is 0 Å². The largest absolute Gasteiger partial charge is 0.481 e. The molecule has 1 aromatic carbocycles. The van der Waals surface area contributed by atoms with Gasteiger partial charge in [-0.15, -0.1) is 0 Å². The molecule has 2 N–H and O–H groups in total. The Hall–Kier alpha value is -1.66. The summed E-state index contributed by atoms with van der Waals surface area (Å²) in [5, 5.41) is 11.4. The maximum absolute atomic E-state index is 12.9. The normalized spacial score (nSPS) is 11.0. The number of rotatable bonds is 7. The number of hydrogen-bond donors (Lipinski definition) is 2. The lowest BCUT2D eigenvalue weighted by Gasteiger charge is -2.25. The fraction of sp³-hybridized carbons (Fsp3) is 0.429. The van der Waals surface area contributed by atoms with Gasteiger partial charge in [0.2, 0.25) is 5.91 Å². The monoisotopic (exact) mass is 316 g/mol. The smallest absolute Gasteiger partial charge is 0.304 e. The summed E-state index contributed by atoms with van der Waals surface area (Å²) in [5.74, 6) is -1.73. The van der Waals surface area contributed by atoms with Crippen LogP contribution in [0.1, 0.15) is 20.3 Å². The Balaban J connectivity index is 2.63. The predicted octanol–water partition coefficient (Wildman–Crippen LogP) is 2.60. The summed E-state index contributed by atoms with van der Waals surface area (Å²) < 4.78 is 12.9. The second-order valence-corrected chi connectivity index (χ2v) is 5.29. The van der Waals surface area contributed by atoms with Gasteiger partial charge in [0.1, 0.15) is 5.82 Å². The number of halogens is 2. The number of carbonyl (C=O) groups excluding carboxylic acids is 1. The lowest BCUT2D eigenvalue weighted by atomic mass is 10.2. The summed E-state index contributed by atoms with van der Waals surface area (Å²) in [6, 6.07) is 3.72. The number of amides is 1. The molecule has 5 nitrogen and oxygen atoms in total. The number of hydrogen-bond acceptors (Lipinski definition) is 3. The van der Waals surface area contributed by atoms with Crippen molar-refractivity contribution in [1.82, 2.24) is 4.90 Å². The van der Waals surface area contributed by atoms with Crippen LogP contribution in [-0.2, 0) is 9.59 Å². The molecule has 0 fully saturated rings. The van der Waals surface area contributed by atoms with Gasteiger partial charge < -0.3 is 10.4 Å². The van der Waals surface area contributed by atoms with Crippen molar-refractivity contribution in [3.8, 4) is 0 Å². The Kier molecular flexibility index (Phi) is 6.58. The van der Waals surface area contributed by atoms with E-state index < -0.39 is 11.8 Å². The second-order valence-electron chi connectivity index (χ2n) is 4.88. The molecule has 1 rings (SSSR count). The Morgan fingerprint density at radius 1 is 1.43 bits per heavy atom. The third-order valence-corrected chi connectivity index (χ3v) is 3.21. The molecule has 0 spiro atoms. The molecule has 116 valence electrons. The second kappa shape index (κ2) is 7.95. The quantitative estimate of drug-likeness (QED) is 0.811. The van der Waals surface area contributed by atoms with Crippen LogP contribution in [0.15, 0.2) is 18.2 Å². The number of aliphatic carboxylic acids is 1. The molecule has 1 amide bonds. The minimum atomic E-state index is -0.914. The molecule has 0 atom stereocenters. The van der Waals surface area contributed by atoms with E-state index in [0.29, 0.717) is 5.69 Å². The molecule has 0 aliphatic carbocycles. The molecule has 0 radical (unpaired) electrons. The molecular formula is C14H18ClFN2O3. The molecular weight excluding hydrogens is 299 g/mol. The third-order valence-electron chi connectivity index (χ3n) is 2.90. The van der Waals surface area contributed by atoms with E-state index in [1.807, 2.05) is 13.8 Å². The molecule has 0 aliphatic heterocycles. The third kappa shape index (κ3) is 6.10. The Bertz CT molecular complexity index is 523. The van der Waals surface area contributed by atoms with Gasteiger partial charge in [-0.2, -0.15) is 0 Å². The topological polar surface area (TPSA) is 69.6 Å². The molecule has 0 heterocycles. The van der Waals surface area contributed by atoms with Crippen molar-refractivity contribution in [2.45, 2.75) is 26.3 Å². The van der Waals surface area contributed by atoms with Crippen molar-refractivity contribution in [1.29, 1.82) is 0 Å². The van der Waals surface area contributed by atoms with Crippen LogP contribution in [-0.4, -0.2) is 41.0 Å². The number of carboxylic acids is 1. The fourth-order valence-electron chi connectivity index (χ4n) is 1.72. The van der Waals surface area contributed by atoms with Crippen LogP contribution in [0.3, 0.4) is 0 Å². The standard InChI is InChI=1S/C14H18ClFN2O3/c1-9(2)18(6-5-14(20)21)8-13(19)17-12-4-3-10(16)7-11(12)15/h3-4,7,9H,5-6,8H2,1-2H3,(H,17,19)(H,20,21). The highest BCUT2D eigenvalue weighted by atomic mass is 35.5. The van der Waals surface area contributed by atoms with Gasteiger partial charge in [-0.25, -0.2) is 4.39 Å². The average Bonchev–Trinajstić information content (AvgIpc) is 2.37. The highest BCUT2D eigenvalue weighted by molar-refractivity contribution is 6.33. The molecule has 0 saturated heterocycles. The average molecular weight is 317 g/mol. The van der Waals surface area contributed by atoms with E-state index in [1.54, 1.807) is 4.90 Å². The highest BCUT2D eigenvalue weighted by Crippen LogP contribution is 2.22. The van der Waals surface area contributed by atoms with Crippen molar-refractivity contribution in [3.63, 3.8) is 0 Å². The number of carboxylic acid groups (broad SMARTS) is 1. The van der Waals surface area contributed by atoms with Crippen LogP contribution < -0.4 is 5.32 Å². The van der Waals surface area contributed by atoms with E-state index in [2.05, 4.69) is 5.32 Å². The Morgan fingerprint density at radius 2 is 2.10 bits per heavy atom. The van der Waals surface area contributed by atoms with Gasteiger partial charge >= 0.3 is 5.97 Å². The zero-order valence-corrected chi connectivity index (χ0v) is 12.7. The van der Waals surface area contributed by atoms with Crippen molar-refractivity contribution in [2.75, 3.05) is 18.4 Å². The lowest BCUT2D eigenvalue weighted by Crippen LogP contribution is -2.39. The van der Waals surface area contributed by atoms with E-state index in [-0.39, 0.29) is 36.5 Å². The SMILES string of the molecule is CC(C)N(CCC(=O)O)CC(=O)Nc1ccc(F)cc1Cl. The van der Waals surface area contributed by atoms with Gasteiger partial charge in [-0.05, 0) is 32.0 Å². The van der Waals surface area contributed by atoms with E-state index in [0.717, 1.165) is 6.07 Å². The predicted molar refractivity (Wildman–Crippen MR) is 79.0 cm³/mol. The fourth-order valence-corrected chi connectivity index (χ4v) is 1.94. The minimum absolute atomic E-state index is 0.0267. The Morgan fingerprint density at radius 3 is 2.62 bits per heavy atom. The summed E-state index contributed by atoms with van der Waals surface area (Å²) in [4.78, 5) is 24.3. The van der Waals surface area contributed by atoms with Crippen molar-refractivity contribution >= 4 is 29.2 Å². The lowest BCUT2D eigenvalue weighted by molar-refractivity contribution is -0.137. The van der Waals surface area contributed by atoms with E-state index >= 15 is 0 Å². The van der Waals surface area contributed by atoms with E-state index in [1.165, 1.54) is 12.1 Å². The van der Waals surface area contributed by atoms with Crippen LogP contribution in [0.4, 0.5) is 10.1 Å². The number of nitrogens with zero attached hydrogens (tertiary/aromatic N) is 1. The summed E-state index contributed by atoms with van der Waals surface area (Å²) >= 11 is 5.83. The van der Waals surface area contributed by atoms with E-state index in [4.69, 9.17) is 16.7 Å². The van der Waals surface area contributed by atoms with Gasteiger partial charge in [-0.1, -0.05) is 11.6 Å². The summed E-state index contributed by atoms with van der Waals surface area (Å²) in [6.45, 7) is 4.07. The molecule has 1 aromatic rings. The maximum atomic E-state index is 12.9. The molecule has 7 heteroatoms. The zero-order chi connectivity index (χ0) is 16.0. The van der Waals surface area contributed by atoms with Crippen LogP contribution in [0.25, 0.3) is 0 Å². The molecule has 0 unspecified atom stereocenters. The van der Waals surface area contributed by atoms with Crippen molar-refractivity contribution < 1.29 is 19.1 Å². The molecule has 0 bridgehead atoms. The summed E-state index contributed by atoms with van der Waals surface area (Å²) in [7, 11) is 0. The van der Waals surface area contributed by atoms with Crippen LogP contribution in [0, 0.1) is 5.82 Å². The first-order valence-electron chi connectivity index (χ1n) is 6.50. The number of nitrogens with one attached hydrogen (secondary N) is 1. The van der Waals surface area contributed by atoms with Gasteiger partial charge in [0, 0.05) is 12.6 Å². The van der Waals surface area contributed by atoms with Gasteiger partial charge in [0.25, 0.3) is 0 Å². The summed E-state index contributed by atoms with van der Waals surface area (Å²) in [6.07, 6.45) is -0.0389. The molecule has 21 heavy (non-hydrogen) atoms. The highest BCUT2D eigenvalue weighted by Gasteiger charge is 2.16. The van der Waals surface area contributed by atoms with Crippen LogP contribution >= 0.6 is 11.6 Å². The first kappa shape index (κ1) is 17.4. The number of carbonyl (C=O) groups is 2. The van der Waals surface area contributed by atoms with Gasteiger partial charge in [-0.3, -0.25) is 14.5 Å². The van der Waals surface area contributed by atoms with Crippen molar-refractivity contribution in [3.05, 3.63) is 29.0 Å². The summed E-state index contributed by atoms with van der Waals surface area (Å²) in [5.41, 5.74) is 0.324. The number of anilines is 1. The first-order valence-corrected chi connectivity index (χ1v) is 6.88. The van der Waals surface area contributed by atoms with Gasteiger partial charge in [0.15, 0.2) is 0 Å². The van der Waals surface area contributed by atoms with Crippen LogP contribution in [0.2, 0.25) is 5.02 Å². The minimum Gasteiger partial charge on any atom is -0.481 e. The Labute approximate surface area is 127 Å². The molecule has 0 saturated carbocycles.